The minimum absolute atomic E-state index is 0.0215. The van der Waals surface area contributed by atoms with Crippen molar-refractivity contribution < 1.29 is 4.79 Å². The molecule has 1 amide bonds. The van der Waals surface area contributed by atoms with Crippen molar-refractivity contribution in [2.75, 3.05) is 0 Å². The van der Waals surface area contributed by atoms with Gasteiger partial charge in [0.25, 0.3) is 5.91 Å². The lowest BCUT2D eigenvalue weighted by Gasteiger charge is -2.11. The predicted octanol–water partition coefficient (Wildman–Crippen LogP) is 1.12. The monoisotopic (exact) mass is 262 g/mol. The zero-order valence-electron chi connectivity index (χ0n) is 10.1. The third-order valence-electron chi connectivity index (χ3n) is 3.11. The molecule has 1 aromatic rings. The quantitative estimate of drug-likeness (QED) is 0.655. The summed E-state index contributed by atoms with van der Waals surface area (Å²) >= 11 is 5.19. The summed E-state index contributed by atoms with van der Waals surface area (Å²) < 4.78 is 1.82. The van der Waals surface area contributed by atoms with Crippen molar-refractivity contribution in [3.63, 3.8) is 0 Å². The van der Waals surface area contributed by atoms with Crippen LogP contribution in [-0.4, -0.2) is 31.7 Å². The minimum atomic E-state index is -0.0215. The Balaban J connectivity index is 1.84. The number of aromatic nitrogens is 2. The Morgan fingerprint density at radius 1 is 1.61 bits per heavy atom. The van der Waals surface area contributed by atoms with Crippen LogP contribution in [0.25, 0.3) is 6.08 Å². The highest BCUT2D eigenvalue weighted by molar-refractivity contribution is 7.80. The molecule has 1 saturated heterocycles. The fraction of sp³-hybridized carbons (Fsp3) is 0.417. The fourth-order valence-corrected chi connectivity index (χ4v) is 2.35. The van der Waals surface area contributed by atoms with Gasteiger partial charge in [0.2, 0.25) is 0 Å². The van der Waals surface area contributed by atoms with Crippen LogP contribution in [0.2, 0.25) is 0 Å². The molecule has 5 nitrogen and oxygen atoms in total. The van der Waals surface area contributed by atoms with Gasteiger partial charge in [0.05, 0.1) is 6.20 Å². The maximum atomic E-state index is 12.2. The zero-order valence-corrected chi connectivity index (χ0v) is 10.9. The molecule has 0 bridgehead atoms. The van der Waals surface area contributed by atoms with Gasteiger partial charge in [-0.15, -0.1) is 0 Å². The van der Waals surface area contributed by atoms with Gasteiger partial charge in [-0.05, 0) is 38.1 Å². The number of carbonyl (C=O) groups is 1. The summed E-state index contributed by atoms with van der Waals surface area (Å²) in [5.74, 6) is -0.0215. The number of hydrogen-bond acceptors (Lipinski definition) is 3. The van der Waals surface area contributed by atoms with E-state index in [1.807, 2.05) is 17.8 Å². The number of aryl methyl sites for hydroxylation is 1. The standard InChI is InChI=1S/C12H14N4OS/c1-2-15-7-8(6-13-15)5-10-11(17)16(9-3-4-9)12(18)14-10/h5-7,9H,2-4H2,1H3,(H,14,18). The molecule has 3 rings (SSSR count). The molecule has 0 aromatic carbocycles. The summed E-state index contributed by atoms with van der Waals surface area (Å²) in [4.78, 5) is 13.8. The van der Waals surface area contributed by atoms with Crippen LogP contribution >= 0.6 is 12.2 Å². The number of rotatable bonds is 3. The average Bonchev–Trinajstić information content (AvgIpc) is 3.00. The highest BCUT2D eigenvalue weighted by Gasteiger charge is 2.41. The van der Waals surface area contributed by atoms with Gasteiger partial charge < -0.3 is 5.32 Å². The van der Waals surface area contributed by atoms with Gasteiger partial charge in [0.1, 0.15) is 5.70 Å². The second-order valence-electron chi connectivity index (χ2n) is 4.52. The highest BCUT2D eigenvalue weighted by Crippen LogP contribution is 2.30. The summed E-state index contributed by atoms with van der Waals surface area (Å²) in [6, 6.07) is 0.307. The first kappa shape index (κ1) is 11.4. The topological polar surface area (TPSA) is 50.2 Å². The molecule has 6 heteroatoms. The first-order valence-corrected chi connectivity index (χ1v) is 6.48. The highest BCUT2D eigenvalue weighted by atomic mass is 32.1. The Labute approximate surface area is 110 Å². The van der Waals surface area contributed by atoms with Gasteiger partial charge in [0.15, 0.2) is 5.11 Å². The number of carbonyl (C=O) groups excluding carboxylic acids is 1. The molecule has 18 heavy (non-hydrogen) atoms. The first-order chi connectivity index (χ1) is 8.69. The number of nitrogens with one attached hydrogen (secondary N) is 1. The number of thiocarbonyl (C=S) groups is 1. The molecule has 2 heterocycles. The molecule has 1 aliphatic heterocycles. The van der Waals surface area contributed by atoms with Crippen LogP contribution in [0.1, 0.15) is 25.3 Å². The molecular formula is C12H14N4OS. The van der Waals surface area contributed by atoms with Crippen LogP contribution in [-0.2, 0) is 11.3 Å². The second-order valence-corrected chi connectivity index (χ2v) is 4.91. The molecule has 1 aromatic heterocycles. The maximum absolute atomic E-state index is 12.2. The van der Waals surface area contributed by atoms with Gasteiger partial charge in [-0.25, -0.2) is 0 Å². The zero-order chi connectivity index (χ0) is 12.7. The smallest absolute Gasteiger partial charge is 0.276 e. The Morgan fingerprint density at radius 3 is 3.00 bits per heavy atom. The van der Waals surface area contributed by atoms with Crippen molar-refractivity contribution in [3.05, 3.63) is 23.7 Å². The largest absolute Gasteiger partial charge is 0.328 e. The van der Waals surface area contributed by atoms with Crippen LogP contribution in [0, 0.1) is 0 Å². The molecule has 2 aliphatic rings. The van der Waals surface area contributed by atoms with Crippen LogP contribution in [0.3, 0.4) is 0 Å². The van der Waals surface area contributed by atoms with E-state index in [4.69, 9.17) is 12.2 Å². The van der Waals surface area contributed by atoms with Crippen molar-refractivity contribution in [1.82, 2.24) is 20.0 Å². The van der Waals surface area contributed by atoms with E-state index >= 15 is 0 Å². The van der Waals surface area contributed by atoms with E-state index < -0.39 is 0 Å². The number of amides is 1. The summed E-state index contributed by atoms with van der Waals surface area (Å²) in [6.45, 7) is 2.84. The molecule has 0 radical (unpaired) electrons. The van der Waals surface area contributed by atoms with Crippen molar-refractivity contribution in [3.8, 4) is 0 Å². The molecule has 0 atom stereocenters. The van der Waals surface area contributed by atoms with E-state index in [2.05, 4.69) is 10.4 Å². The van der Waals surface area contributed by atoms with Gasteiger partial charge in [-0.3, -0.25) is 14.4 Å². The Morgan fingerprint density at radius 2 is 2.39 bits per heavy atom. The van der Waals surface area contributed by atoms with Crippen LogP contribution in [0.4, 0.5) is 0 Å². The van der Waals surface area contributed by atoms with Crippen LogP contribution < -0.4 is 5.32 Å². The molecule has 94 valence electrons. The lowest BCUT2D eigenvalue weighted by molar-refractivity contribution is -0.122. The maximum Gasteiger partial charge on any atom is 0.276 e. The molecule has 1 saturated carbocycles. The van der Waals surface area contributed by atoms with Crippen LogP contribution in [0.5, 0.6) is 0 Å². The Kier molecular flexibility index (Phi) is 2.66. The SMILES string of the molecule is CCn1cc(C=C2NC(=S)N(C3CC3)C2=O)cn1. The van der Waals surface area contributed by atoms with Gasteiger partial charge in [-0.2, -0.15) is 5.10 Å². The van der Waals surface area contributed by atoms with Crippen molar-refractivity contribution >= 4 is 29.3 Å². The third kappa shape index (κ3) is 1.92. The third-order valence-corrected chi connectivity index (χ3v) is 3.41. The lowest BCUT2D eigenvalue weighted by Crippen LogP contribution is -2.32. The average molecular weight is 262 g/mol. The van der Waals surface area contributed by atoms with E-state index in [1.54, 1.807) is 17.2 Å². The van der Waals surface area contributed by atoms with Gasteiger partial charge in [0, 0.05) is 24.3 Å². The number of hydrogen-bond donors (Lipinski definition) is 1. The Hall–Kier alpha value is -1.69. The van der Waals surface area contributed by atoms with Gasteiger partial charge >= 0.3 is 0 Å². The van der Waals surface area contributed by atoms with E-state index in [1.165, 1.54) is 0 Å². The fourth-order valence-electron chi connectivity index (χ4n) is 2.01. The molecule has 0 spiro atoms. The first-order valence-electron chi connectivity index (χ1n) is 6.07. The van der Waals surface area contributed by atoms with E-state index in [-0.39, 0.29) is 5.91 Å². The molecule has 2 fully saturated rings. The normalized spacial score (nSPS) is 21.8. The van der Waals surface area contributed by atoms with E-state index in [9.17, 15) is 4.79 Å². The number of nitrogens with zero attached hydrogens (tertiary/aromatic N) is 3. The molecular weight excluding hydrogens is 248 g/mol. The summed E-state index contributed by atoms with van der Waals surface area (Å²) in [7, 11) is 0. The van der Waals surface area contributed by atoms with Gasteiger partial charge in [-0.1, -0.05) is 0 Å². The molecule has 1 aliphatic carbocycles. The predicted molar refractivity (Wildman–Crippen MR) is 71.5 cm³/mol. The lowest BCUT2D eigenvalue weighted by atomic mass is 10.3. The van der Waals surface area contributed by atoms with E-state index in [0.717, 1.165) is 24.9 Å². The Bertz CT molecular complexity index is 544. The molecule has 0 unspecified atom stereocenters. The minimum Gasteiger partial charge on any atom is -0.328 e. The summed E-state index contributed by atoms with van der Waals surface area (Å²) in [5.41, 5.74) is 1.45. The summed E-state index contributed by atoms with van der Waals surface area (Å²) in [5, 5.41) is 7.68. The van der Waals surface area contributed by atoms with Crippen molar-refractivity contribution in [2.24, 2.45) is 0 Å². The molecule has 1 N–H and O–H groups in total. The summed E-state index contributed by atoms with van der Waals surface area (Å²) in [6.07, 6.45) is 7.55. The van der Waals surface area contributed by atoms with Crippen molar-refractivity contribution in [2.45, 2.75) is 32.4 Å². The second kappa shape index (κ2) is 4.20. The van der Waals surface area contributed by atoms with Crippen molar-refractivity contribution in [1.29, 1.82) is 0 Å². The van der Waals surface area contributed by atoms with E-state index in [0.29, 0.717) is 16.9 Å². The van der Waals surface area contributed by atoms with Crippen LogP contribution in [0.15, 0.2) is 18.1 Å².